The van der Waals surface area contributed by atoms with Crippen molar-refractivity contribution in [1.29, 1.82) is 0 Å². The quantitative estimate of drug-likeness (QED) is 0.771. The second kappa shape index (κ2) is 4.77. The predicted octanol–water partition coefficient (Wildman–Crippen LogP) is 1.63. The molecule has 82 valence electrons. The molecule has 5 heteroatoms. The van der Waals surface area contributed by atoms with Gasteiger partial charge in [0.1, 0.15) is 5.82 Å². The first-order valence-electron chi connectivity index (χ1n) is 5.18. The first kappa shape index (κ1) is 10.6. The van der Waals surface area contributed by atoms with E-state index in [9.17, 15) is 0 Å². The summed E-state index contributed by atoms with van der Waals surface area (Å²) < 4.78 is 0. The van der Waals surface area contributed by atoms with Crippen LogP contribution in [-0.2, 0) is 6.42 Å². The van der Waals surface area contributed by atoms with Crippen LogP contribution in [0.1, 0.15) is 24.8 Å². The lowest BCUT2D eigenvalue weighted by Gasteiger charge is -2.25. The number of fused-ring (bicyclic) bond motifs is 1. The zero-order valence-corrected chi connectivity index (χ0v) is 9.17. The summed E-state index contributed by atoms with van der Waals surface area (Å²) in [7, 11) is 0. The minimum atomic E-state index is 0.246. The van der Waals surface area contributed by atoms with Crippen LogP contribution in [0, 0.1) is 0 Å². The van der Waals surface area contributed by atoms with Gasteiger partial charge in [0, 0.05) is 24.4 Å². The van der Waals surface area contributed by atoms with E-state index in [4.69, 9.17) is 16.7 Å². The number of aliphatic hydroxyl groups is 1. The van der Waals surface area contributed by atoms with Gasteiger partial charge >= 0.3 is 0 Å². The van der Waals surface area contributed by atoms with Gasteiger partial charge in [0.05, 0.1) is 0 Å². The smallest absolute Gasteiger partial charge is 0.224 e. The molecule has 2 N–H and O–H groups in total. The molecule has 0 bridgehead atoms. The number of hydrogen-bond acceptors (Lipinski definition) is 4. The van der Waals surface area contributed by atoms with Crippen molar-refractivity contribution in [2.75, 3.05) is 11.9 Å². The van der Waals surface area contributed by atoms with Crippen LogP contribution in [0.3, 0.4) is 0 Å². The van der Waals surface area contributed by atoms with Crippen LogP contribution in [0.25, 0.3) is 0 Å². The van der Waals surface area contributed by atoms with Gasteiger partial charge in [-0.15, -0.1) is 0 Å². The molecule has 0 saturated heterocycles. The summed E-state index contributed by atoms with van der Waals surface area (Å²) in [6.45, 7) is 0.246. The van der Waals surface area contributed by atoms with Crippen LogP contribution < -0.4 is 5.32 Å². The molecule has 1 atom stereocenters. The molecule has 2 rings (SSSR count). The normalized spacial score (nSPS) is 19.5. The van der Waals surface area contributed by atoms with Crippen molar-refractivity contribution in [2.24, 2.45) is 0 Å². The zero-order chi connectivity index (χ0) is 10.7. The zero-order valence-electron chi connectivity index (χ0n) is 8.41. The van der Waals surface area contributed by atoms with E-state index in [1.807, 2.05) is 0 Å². The lowest BCUT2D eigenvalue weighted by atomic mass is 9.99. The number of anilines is 1. The molecule has 4 nitrogen and oxygen atoms in total. The Balaban J connectivity index is 2.05. The Morgan fingerprint density at radius 1 is 1.60 bits per heavy atom. The highest BCUT2D eigenvalue weighted by atomic mass is 35.5. The van der Waals surface area contributed by atoms with Crippen LogP contribution in [0.15, 0.2) is 6.20 Å². The number of aliphatic hydroxyl groups excluding tert-OH is 1. The highest BCUT2D eigenvalue weighted by Gasteiger charge is 2.18. The minimum Gasteiger partial charge on any atom is -0.396 e. The first-order chi connectivity index (χ1) is 7.29. The molecule has 15 heavy (non-hydrogen) atoms. The minimum absolute atomic E-state index is 0.246. The average molecular weight is 228 g/mol. The number of nitrogens with one attached hydrogen (secondary N) is 1. The summed E-state index contributed by atoms with van der Waals surface area (Å²) in [5.41, 5.74) is 1.12. The Hall–Kier alpha value is -0.870. The number of aryl methyl sites for hydroxylation is 1. The molecule has 0 aliphatic carbocycles. The molecule has 2 heterocycles. The van der Waals surface area contributed by atoms with Gasteiger partial charge in [0.2, 0.25) is 5.28 Å². The maximum absolute atomic E-state index is 8.76. The highest BCUT2D eigenvalue weighted by molar-refractivity contribution is 6.28. The highest BCUT2D eigenvalue weighted by Crippen LogP contribution is 2.24. The van der Waals surface area contributed by atoms with Crippen LogP contribution in [0.4, 0.5) is 5.82 Å². The van der Waals surface area contributed by atoms with Crippen LogP contribution in [0.2, 0.25) is 5.28 Å². The Morgan fingerprint density at radius 3 is 3.27 bits per heavy atom. The van der Waals surface area contributed by atoms with Gasteiger partial charge in [-0.05, 0) is 37.3 Å². The topological polar surface area (TPSA) is 58.0 Å². The summed E-state index contributed by atoms with van der Waals surface area (Å²) in [5.74, 6) is 0.851. The van der Waals surface area contributed by atoms with Crippen LogP contribution in [0.5, 0.6) is 0 Å². The number of nitrogens with zero attached hydrogens (tertiary/aromatic N) is 2. The first-order valence-corrected chi connectivity index (χ1v) is 5.56. The van der Waals surface area contributed by atoms with E-state index in [1.165, 1.54) is 0 Å². The van der Waals surface area contributed by atoms with Crippen molar-refractivity contribution in [1.82, 2.24) is 9.97 Å². The second-order valence-corrected chi connectivity index (χ2v) is 4.10. The lowest BCUT2D eigenvalue weighted by Crippen LogP contribution is -2.26. The molecule has 1 aromatic heterocycles. The standard InChI is InChI=1S/C10H14ClN3O/c11-10-12-6-7-3-4-8(2-1-5-15)13-9(7)14-10/h6,8,15H,1-5H2,(H,12,13,14)/t8-/m0/s1. The Morgan fingerprint density at radius 2 is 2.47 bits per heavy atom. The summed E-state index contributed by atoms with van der Waals surface area (Å²) in [5, 5.41) is 12.4. The fourth-order valence-corrected chi connectivity index (χ4v) is 1.98. The van der Waals surface area contributed by atoms with E-state index in [0.717, 1.165) is 37.1 Å². The fraction of sp³-hybridized carbons (Fsp3) is 0.600. The molecule has 0 radical (unpaired) electrons. The van der Waals surface area contributed by atoms with Gasteiger partial charge in [-0.2, -0.15) is 0 Å². The summed E-state index contributed by atoms with van der Waals surface area (Å²) in [4.78, 5) is 8.11. The van der Waals surface area contributed by atoms with Gasteiger partial charge in [-0.25, -0.2) is 9.97 Å². The molecular weight excluding hydrogens is 214 g/mol. The molecule has 0 spiro atoms. The van der Waals surface area contributed by atoms with Gasteiger partial charge in [-0.3, -0.25) is 0 Å². The van der Waals surface area contributed by atoms with Crippen molar-refractivity contribution in [3.8, 4) is 0 Å². The molecule has 0 fully saturated rings. The van der Waals surface area contributed by atoms with Crippen molar-refractivity contribution < 1.29 is 5.11 Å². The monoisotopic (exact) mass is 227 g/mol. The Kier molecular flexibility index (Phi) is 3.38. The van der Waals surface area contributed by atoms with E-state index in [1.54, 1.807) is 6.20 Å². The van der Waals surface area contributed by atoms with Crippen molar-refractivity contribution in [3.05, 3.63) is 17.0 Å². The van der Waals surface area contributed by atoms with Gasteiger partial charge in [0.25, 0.3) is 0 Å². The fourth-order valence-electron chi connectivity index (χ4n) is 1.84. The molecule has 1 aromatic rings. The summed E-state index contributed by atoms with van der Waals surface area (Å²) >= 11 is 5.73. The maximum Gasteiger partial charge on any atom is 0.224 e. The van der Waals surface area contributed by atoms with Gasteiger partial charge in [0.15, 0.2) is 0 Å². The molecule has 0 aromatic carbocycles. The average Bonchev–Trinajstić information content (AvgIpc) is 2.25. The number of hydrogen-bond donors (Lipinski definition) is 2. The van der Waals surface area contributed by atoms with Crippen LogP contribution >= 0.6 is 11.6 Å². The van der Waals surface area contributed by atoms with Gasteiger partial charge < -0.3 is 10.4 Å². The molecule has 0 unspecified atom stereocenters. The van der Waals surface area contributed by atoms with Crippen LogP contribution in [-0.4, -0.2) is 27.7 Å². The van der Waals surface area contributed by atoms with E-state index >= 15 is 0 Å². The molecule has 1 aliphatic rings. The molecule has 0 saturated carbocycles. The SMILES string of the molecule is OCCC[C@H]1CCc2cnc(Cl)nc2N1. The predicted molar refractivity (Wildman–Crippen MR) is 59.1 cm³/mol. The third-order valence-electron chi connectivity index (χ3n) is 2.65. The number of halogens is 1. The van der Waals surface area contributed by atoms with E-state index in [2.05, 4.69) is 15.3 Å². The third-order valence-corrected chi connectivity index (χ3v) is 2.83. The largest absolute Gasteiger partial charge is 0.396 e. The Labute approximate surface area is 93.7 Å². The van der Waals surface area contributed by atoms with E-state index in [0.29, 0.717) is 6.04 Å². The number of aromatic nitrogens is 2. The molecule has 0 amide bonds. The lowest BCUT2D eigenvalue weighted by molar-refractivity contribution is 0.279. The van der Waals surface area contributed by atoms with Crippen molar-refractivity contribution >= 4 is 17.4 Å². The maximum atomic E-state index is 8.76. The summed E-state index contributed by atoms with van der Waals surface area (Å²) in [6.07, 6.45) is 5.62. The van der Waals surface area contributed by atoms with Crippen molar-refractivity contribution in [2.45, 2.75) is 31.7 Å². The Bertz CT molecular complexity index is 345. The van der Waals surface area contributed by atoms with E-state index < -0.39 is 0 Å². The second-order valence-electron chi connectivity index (χ2n) is 3.76. The molecule has 1 aliphatic heterocycles. The number of rotatable bonds is 3. The van der Waals surface area contributed by atoms with Crippen molar-refractivity contribution in [3.63, 3.8) is 0 Å². The third kappa shape index (κ3) is 2.58. The summed E-state index contributed by atoms with van der Waals surface area (Å²) in [6, 6.07) is 0.399. The van der Waals surface area contributed by atoms with Gasteiger partial charge in [-0.1, -0.05) is 0 Å². The van der Waals surface area contributed by atoms with E-state index in [-0.39, 0.29) is 11.9 Å². The molecular formula is C10H14ClN3O.